The van der Waals surface area contributed by atoms with Gasteiger partial charge in [0.15, 0.2) is 0 Å². The number of hydrogen-bond acceptors (Lipinski definition) is 3. The van der Waals surface area contributed by atoms with Crippen molar-refractivity contribution >= 4 is 5.69 Å². The predicted octanol–water partition coefficient (Wildman–Crippen LogP) is 1.79. The molecule has 0 spiro atoms. The maximum Gasteiger partial charge on any atom is 0.0440 e. The van der Waals surface area contributed by atoms with Crippen LogP contribution in [0.4, 0.5) is 5.69 Å². The van der Waals surface area contributed by atoms with Gasteiger partial charge in [-0.15, -0.1) is 0 Å². The standard InChI is InChI=1S/C12H19N3/c1-3-15(2)12-6-7-13-8-10(12)9-14-11-4-5-11/h6-8,11,14H,3-5,9H2,1-2H3. The van der Waals surface area contributed by atoms with Gasteiger partial charge in [-0.05, 0) is 25.8 Å². The molecular formula is C12H19N3. The first-order chi connectivity index (χ1) is 7.31. The Labute approximate surface area is 91.5 Å². The molecule has 82 valence electrons. The molecule has 1 N–H and O–H groups in total. The van der Waals surface area contributed by atoms with Crippen molar-refractivity contribution in [2.24, 2.45) is 0 Å². The van der Waals surface area contributed by atoms with Crippen LogP contribution in [-0.2, 0) is 6.54 Å². The predicted molar refractivity (Wildman–Crippen MR) is 63.0 cm³/mol. The molecule has 0 bridgehead atoms. The van der Waals surface area contributed by atoms with Gasteiger partial charge in [-0.2, -0.15) is 0 Å². The third-order valence-electron chi connectivity index (χ3n) is 2.92. The summed E-state index contributed by atoms with van der Waals surface area (Å²) >= 11 is 0. The Bertz CT molecular complexity index is 320. The van der Waals surface area contributed by atoms with Gasteiger partial charge in [-0.25, -0.2) is 0 Å². The van der Waals surface area contributed by atoms with Crippen LogP contribution in [0.2, 0.25) is 0 Å². The van der Waals surface area contributed by atoms with E-state index in [1.54, 1.807) is 0 Å². The van der Waals surface area contributed by atoms with Crippen LogP contribution in [0, 0.1) is 0 Å². The van der Waals surface area contributed by atoms with Crippen LogP contribution in [0.3, 0.4) is 0 Å². The molecule has 3 nitrogen and oxygen atoms in total. The zero-order valence-electron chi connectivity index (χ0n) is 9.53. The highest BCUT2D eigenvalue weighted by atomic mass is 15.1. The average molecular weight is 205 g/mol. The van der Waals surface area contributed by atoms with E-state index in [2.05, 4.69) is 35.2 Å². The Hall–Kier alpha value is -1.09. The summed E-state index contributed by atoms with van der Waals surface area (Å²) in [5.41, 5.74) is 2.59. The van der Waals surface area contributed by atoms with Gasteiger partial charge in [0.25, 0.3) is 0 Å². The lowest BCUT2D eigenvalue weighted by atomic mass is 10.2. The Balaban J connectivity index is 2.05. The third-order valence-corrected chi connectivity index (χ3v) is 2.92. The maximum atomic E-state index is 4.19. The van der Waals surface area contributed by atoms with Crippen molar-refractivity contribution in [1.82, 2.24) is 10.3 Å². The van der Waals surface area contributed by atoms with Crippen molar-refractivity contribution in [3.05, 3.63) is 24.0 Å². The van der Waals surface area contributed by atoms with E-state index in [1.165, 1.54) is 24.1 Å². The fourth-order valence-electron chi connectivity index (χ4n) is 1.64. The van der Waals surface area contributed by atoms with E-state index in [9.17, 15) is 0 Å². The minimum absolute atomic E-state index is 0.755. The van der Waals surface area contributed by atoms with Crippen LogP contribution in [0.25, 0.3) is 0 Å². The molecule has 0 amide bonds. The Morgan fingerprint density at radius 2 is 2.33 bits per heavy atom. The lowest BCUT2D eigenvalue weighted by Crippen LogP contribution is -2.21. The highest BCUT2D eigenvalue weighted by Gasteiger charge is 2.20. The first-order valence-electron chi connectivity index (χ1n) is 5.68. The zero-order chi connectivity index (χ0) is 10.7. The van der Waals surface area contributed by atoms with Crippen LogP contribution in [0.1, 0.15) is 25.3 Å². The molecule has 1 saturated carbocycles. The van der Waals surface area contributed by atoms with E-state index in [0.29, 0.717) is 0 Å². The van der Waals surface area contributed by atoms with E-state index < -0.39 is 0 Å². The van der Waals surface area contributed by atoms with Gasteiger partial charge in [0.2, 0.25) is 0 Å². The van der Waals surface area contributed by atoms with Crippen LogP contribution in [0.15, 0.2) is 18.5 Å². The van der Waals surface area contributed by atoms with Crippen LogP contribution in [0.5, 0.6) is 0 Å². The number of nitrogens with one attached hydrogen (secondary N) is 1. The maximum absolute atomic E-state index is 4.19. The van der Waals surface area contributed by atoms with E-state index in [4.69, 9.17) is 0 Å². The lowest BCUT2D eigenvalue weighted by Gasteiger charge is -2.20. The smallest absolute Gasteiger partial charge is 0.0440 e. The minimum Gasteiger partial charge on any atom is -0.375 e. The van der Waals surface area contributed by atoms with Crippen LogP contribution in [-0.4, -0.2) is 24.6 Å². The van der Waals surface area contributed by atoms with E-state index in [-0.39, 0.29) is 0 Å². The van der Waals surface area contributed by atoms with Gasteiger partial charge in [-0.3, -0.25) is 4.98 Å². The SMILES string of the molecule is CCN(C)c1ccncc1CNC1CC1. The van der Waals surface area contributed by atoms with E-state index in [1.807, 2.05) is 12.4 Å². The largest absolute Gasteiger partial charge is 0.375 e. The molecular weight excluding hydrogens is 186 g/mol. The summed E-state index contributed by atoms with van der Waals surface area (Å²) in [6.07, 6.45) is 6.50. The van der Waals surface area contributed by atoms with Gasteiger partial charge in [0.05, 0.1) is 0 Å². The molecule has 0 aromatic carbocycles. The van der Waals surface area contributed by atoms with Crippen molar-refractivity contribution in [1.29, 1.82) is 0 Å². The van der Waals surface area contributed by atoms with E-state index in [0.717, 1.165) is 19.1 Å². The summed E-state index contributed by atoms with van der Waals surface area (Å²) < 4.78 is 0. The van der Waals surface area contributed by atoms with Crippen molar-refractivity contribution < 1.29 is 0 Å². The molecule has 0 atom stereocenters. The molecule has 15 heavy (non-hydrogen) atoms. The molecule has 1 fully saturated rings. The monoisotopic (exact) mass is 205 g/mol. The Morgan fingerprint density at radius 1 is 1.53 bits per heavy atom. The summed E-state index contributed by atoms with van der Waals surface area (Å²) in [6, 6.07) is 2.85. The molecule has 0 unspecified atom stereocenters. The summed E-state index contributed by atoms with van der Waals surface area (Å²) in [7, 11) is 2.12. The molecule has 2 rings (SSSR count). The Morgan fingerprint density at radius 3 is 3.00 bits per heavy atom. The number of nitrogens with zero attached hydrogens (tertiary/aromatic N) is 2. The summed E-state index contributed by atoms with van der Waals surface area (Å²) in [5.74, 6) is 0. The number of anilines is 1. The number of rotatable bonds is 5. The number of aromatic nitrogens is 1. The molecule has 1 aromatic rings. The molecule has 0 radical (unpaired) electrons. The third kappa shape index (κ3) is 2.69. The minimum atomic E-state index is 0.755. The fourth-order valence-corrected chi connectivity index (χ4v) is 1.64. The molecule has 1 aromatic heterocycles. The average Bonchev–Trinajstić information content (AvgIpc) is 3.09. The Kier molecular flexibility index (Phi) is 3.21. The summed E-state index contributed by atoms with van der Waals surface area (Å²) in [4.78, 5) is 6.45. The second-order valence-corrected chi connectivity index (χ2v) is 4.17. The summed E-state index contributed by atoms with van der Waals surface area (Å²) in [5, 5.41) is 3.53. The normalized spacial score (nSPS) is 15.3. The molecule has 1 aliphatic carbocycles. The highest BCUT2D eigenvalue weighted by Crippen LogP contribution is 2.22. The van der Waals surface area contributed by atoms with Gasteiger partial charge >= 0.3 is 0 Å². The van der Waals surface area contributed by atoms with Crippen molar-refractivity contribution in [3.63, 3.8) is 0 Å². The van der Waals surface area contributed by atoms with Gasteiger partial charge in [-0.1, -0.05) is 0 Å². The van der Waals surface area contributed by atoms with Crippen LogP contribution >= 0.6 is 0 Å². The topological polar surface area (TPSA) is 28.2 Å². The number of hydrogen-bond donors (Lipinski definition) is 1. The molecule has 0 saturated heterocycles. The highest BCUT2D eigenvalue weighted by molar-refractivity contribution is 5.51. The van der Waals surface area contributed by atoms with Crippen molar-refractivity contribution in [2.45, 2.75) is 32.4 Å². The second-order valence-electron chi connectivity index (χ2n) is 4.17. The van der Waals surface area contributed by atoms with Crippen molar-refractivity contribution in [2.75, 3.05) is 18.5 Å². The van der Waals surface area contributed by atoms with Gasteiger partial charge in [0, 0.05) is 49.8 Å². The quantitative estimate of drug-likeness (QED) is 0.794. The molecule has 3 heteroatoms. The first kappa shape index (κ1) is 10.4. The lowest BCUT2D eigenvalue weighted by molar-refractivity contribution is 0.684. The zero-order valence-corrected chi connectivity index (χ0v) is 9.53. The van der Waals surface area contributed by atoms with E-state index >= 15 is 0 Å². The fraction of sp³-hybridized carbons (Fsp3) is 0.583. The molecule has 1 aliphatic rings. The molecule has 0 aliphatic heterocycles. The van der Waals surface area contributed by atoms with Crippen LogP contribution < -0.4 is 10.2 Å². The summed E-state index contributed by atoms with van der Waals surface area (Å²) in [6.45, 7) is 4.14. The second kappa shape index (κ2) is 4.62. The first-order valence-corrected chi connectivity index (χ1v) is 5.68. The number of pyridine rings is 1. The van der Waals surface area contributed by atoms with Gasteiger partial charge < -0.3 is 10.2 Å². The van der Waals surface area contributed by atoms with Crippen molar-refractivity contribution in [3.8, 4) is 0 Å². The molecule has 1 heterocycles. The van der Waals surface area contributed by atoms with Gasteiger partial charge in [0.1, 0.15) is 0 Å².